The van der Waals surface area contributed by atoms with E-state index in [1.54, 1.807) is 12.1 Å². The van der Waals surface area contributed by atoms with E-state index in [0.29, 0.717) is 19.3 Å². The quantitative estimate of drug-likeness (QED) is 0.655. The van der Waals surface area contributed by atoms with Crippen molar-refractivity contribution in [2.45, 2.75) is 31.1 Å². The highest BCUT2D eigenvalue weighted by Crippen LogP contribution is 2.18. The third kappa shape index (κ3) is 3.69. The van der Waals surface area contributed by atoms with Gasteiger partial charge in [0.15, 0.2) is 5.78 Å². The normalized spacial score (nSPS) is 16.5. The molecule has 2 rings (SSSR count). The number of nitrogens with one attached hydrogen (secondary N) is 1. The Labute approximate surface area is 123 Å². The number of carbonyl (C=O) groups is 1. The van der Waals surface area contributed by atoms with Gasteiger partial charge in [0, 0.05) is 12.8 Å². The van der Waals surface area contributed by atoms with Gasteiger partial charge in [0.2, 0.25) is 0 Å². The molecule has 0 heterocycles. The number of nitrogens with zero attached hydrogens (tertiary/aromatic N) is 1. The summed E-state index contributed by atoms with van der Waals surface area (Å²) < 4.78 is 23.9. The molecule has 7 heteroatoms. The number of Topliss-reactive ketones (excluding diaryl/α,β-unsaturated/α-hetero) is 1. The number of hydrogen-bond acceptors (Lipinski definition) is 5. The fraction of sp³-hybridized carbons (Fsp3) is 0.286. The zero-order valence-electron chi connectivity index (χ0n) is 11.5. The van der Waals surface area contributed by atoms with Gasteiger partial charge in [-0.25, -0.2) is 4.83 Å². The monoisotopic (exact) mass is 308 g/mol. The molecule has 0 saturated heterocycles. The standard InChI is InChI=1S/C14H16N2O4S/c1-10-5-7-11(8-6-10)21(19,20)16-15-9-12-13(17)3-2-4-14(12)18/h5-9,16-17H,2-4H2,1H3/b15-9+. The number of hydrazone groups is 1. The molecular formula is C14H16N2O4S. The van der Waals surface area contributed by atoms with Crippen LogP contribution in [0.1, 0.15) is 24.8 Å². The summed E-state index contributed by atoms with van der Waals surface area (Å²) >= 11 is 0. The lowest BCUT2D eigenvalue weighted by Crippen LogP contribution is -2.20. The first-order chi connectivity index (χ1) is 9.90. The van der Waals surface area contributed by atoms with Crippen LogP contribution in [0.4, 0.5) is 0 Å². The first-order valence-corrected chi connectivity index (χ1v) is 7.95. The van der Waals surface area contributed by atoms with E-state index >= 15 is 0 Å². The minimum Gasteiger partial charge on any atom is -0.512 e. The zero-order chi connectivity index (χ0) is 15.5. The number of rotatable bonds is 4. The molecule has 1 aliphatic rings. The second-order valence-corrected chi connectivity index (χ2v) is 6.46. The number of aliphatic hydroxyl groups excluding tert-OH is 1. The number of allylic oxidation sites excluding steroid dienone is 2. The average molecular weight is 308 g/mol. The average Bonchev–Trinajstić information content (AvgIpc) is 2.42. The Balaban J connectivity index is 2.13. The van der Waals surface area contributed by atoms with Gasteiger partial charge in [-0.3, -0.25) is 4.79 Å². The third-order valence-corrected chi connectivity index (χ3v) is 4.37. The van der Waals surface area contributed by atoms with Gasteiger partial charge in [-0.2, -0.15) is 13.5 Å². The van der Waals surface area contributed by atoms with Crippen molar-refractivity contribution in [3.05, 3.63) is 41.2 Å². The molecule has 0 aliphatic heterocycles. The minimum atomic E-state index is -3.78. The molecule has 0 atom stereocenters. The van der Waals surface area contributed by atoms with Gasteiger partial charge < -0.3 is 5.11 Å². The number of ketones is 1. The maximum absolute atomic E-state index is 12.0. The first kappa shape index (κ1) is 15.2. The highest BCUT2D eigenvalue weighted by molar-refractivity contribution is 7.89. The molecule has 0 bridgehead atoms. The van der Waals surface area contributed by atoms with Crippen LogP contribution in [0.3, 0.4) is 0 Å². The largest absolute Gasteiger partial charge is 0.512 e. The Morgan fingerprint density at radius 3 is 2.52 bits per heavy atom. The molecule has 112 valence electrons. The van der Waals surface area contributed by atoms with E-state index in [4.69, 9.17) is 0 Å². The molecule has 21 heavy (non-hydrogen) atoms. The number of aryl methyl sites for hydroxylation is 1. The van der Waals surface area contributed by atoms with Crippen molar-refractivity contribution in [3.8, 4) is 0 Å². The predicted molar refractivity (Wildman–Crippen MR) is 78.5 cm³/mol. The minimum absolute atomic E-state index is 0.0514. The summed E-state index contributed by atoms with van der Waals surface area (Å²) in [5.74, 6) is -0.290. The maximum atomic E-state index is 12.0. The number of benzene rings is 1. The Bertz CT molecular complexity index is 703. The molecule has 0 aromatic heterocycles. The summed E-state index contributed by atoms with van der Waals surface area (Å²) in [4.78, 5) is 13.7. The number of hydrogen-bond donors (Lipinski definition) is 2. The molecule has 6 nitrogen and oxygen atoms in total. The van der Waals surface area contributed by atoms with Crippen molar-refractivity contribution >= 4 is 22.0 Å². The second-order valence-electron chi connectivity index (χ2n) is 4.80. The van der Waals surface area contributed by atoms with Crippen molar-refractivity contribution in [2.24, 2.45) is 5.10 Å². The van der Waals surface area contributed by atoms with Crippen LogP contribution in [0.25, 0.3) is 0 Å². The molecule has 0 spiro atoms. The highest BCUT2D eigenvalue weighted by Gasteiger charge is 2.19. The van der Waals surface area contributed by atoms with Crippen molar-refractivity contribution in [3.63, 3.8) is 0 Å². The molecule has 0 amide bonds. The van der Waals surface area contributed by atoms with Crippen LogP contribution in [0.15, 0.2) is 45.6 Å². The molecular weight excluding hydrogens is 292 g/mol. The fourth-order valence-electron chi connectivity index (χ4n) is 1.92. The predicted octanol–water partition coefficient (Wildman–Crippen LogP) is 1.82. The SMILES string of the molecule is Cc1ccc(S(=O)(=O)N/N=C/C2=C(O)CCCC2=O)cc1. The van der Waals surface area contributed by atoms with Crippen molar-refractivity contribution in [2.75, 3.05) is 0 Å². The first-order valence-electron chi connectivity index (χ1n) is 6.47. The van der Waals surface area contributed by atoms with Crippen molar-refractivity contribution in [1.29, 1.82) is 0 Å². The summed E-state index contributed by atoms with van der Waals surface area (Å²) in [5.41, 5.74) is 1.01. The molecule has 0 unspecified atom stereocenters. The van der Waals surface area contributed by atoms with Crippen LogP contribution in [0, 0.1) is 6.92 Å². The number of aliphatic hydroxyl groups is 1. The van der Waals surface area contributed by atoms with Gasteiger partial charge in [0.1, 0.15) is 5.76 Å². The van der Waals surface area contributed by atoms with Crippen LogP contribution in [0.2, 0.25) is 0 Å². The molecule has 1 aromatic rings. The number of carbonyl (C=O) groups excluding carboxylic acids is 1. The summed E-state index contributed by atoms with van der Waals surface area (Å²) in [7, 11) is -3.78. The van der Waals surface area contributed by atoms with E-state index in [-0.39, 0.29) is 22.0 Å². The smallest absolute Gasteiger partial charge is 0.276 e. The number of sulfonamides is 1. The maximum Gasteiger partial charge on any atom is 0.276 e. The highest BCUT2D eigenvalue weighted by atomic mass is 32.2. The lowest BCUT2D eigenvalue weighted by molar-refractivity contribution is -0.115. The van der Waals surface area contributed by atoms with Gasteiger partial charge in [0.05, 0.1) is 16.7 Å². The second kappa shape index (κ2) is 6.09. The van der Waals surface area contributed by atoms with Crippen molar-refractivity contribution < 1.29 is 18.3 Å². The van der Waals surface area contributed by atoms with E-state index in [9.17, 15) is 18.3 Å². The fourth-order valence-corrected chi connectivity index (χ4v) is 2.71. The van der Waals surface area contributed by atoms with Crippen LogP contribution < -0.4 is 4.83 Å². The van der Waals surface area contributed by atoms with Crippen LogP contribution in [0.5, 0.6) is 0 Å². The lowest BCUT2D eigenvalue weighted by atomic mass is 9.97. The van der Waals surface area contributed by atoms with Gasteiger partial charge in [-0.05, 0) is 25.5 Å². The molecule has 0 fully saturated rings. The lowest BCUT2D eigenvalue weighted by Gasteiger charge is -2.11. The summed E-state index contributed by atoms with van der Waals surface area (Å²) in [5, 5.41) is 13.2. The Hall–Kier alpha value is -2.15. The van der Waals surface area contributed by atoms with Gasteiger partial charge in [-0.15, -0.1) is 0 Å². The van der Waals surface area contributed by atoms with Gasteiger partial charge in [-0.1, -0.05) is 17.7 Å². The summed E-state index contributed by atoms with van der Waals surface area (Å²) in [6.07, 6.45) is 2.38. The van der Waals surface area contributed by atoms with Gasteiger partial charge in [0.25, 0.3) is 10.0 Å². The van der Waals surface area contributed by atoms with Crippen LogP contribution in [-0.4, -0.2) is 25.5 Å². The molecule has 0 saturated carbocycles. The summed E-state index contributed by atoms with van der Waals surface area (Å²) in [6, 6.07) is 6.29. The third-order valence-electron chi connectivity index (χ3n) is 3.13. The van der Waals surface area contributed by atoms with E-state index < -0.39 is 10.0 Å². The summed E-state index contributed by atoms with van der Waals surface area (Å²) in [6.45, 7) is 1.85. The molecule has 2 N–H and O–H groups in total. The molecule has 0 radical (unpaired) electrons. The van der Waals surface area contributed by atoms with E-state index in [1.807, 2.05) is 11.8 Å². The van der Waals surface area contributed by atoms with Crippen molar-refractivity contribution in [1.82, 2.24) is 4.83 Å². The van der Waals surface area contributed by atoms with E-state index in [1.165, 1.54) is 12.1 Å². The molecule has 1 aromatic carbocycles. The van der Waals surface area contributed by atoms with Crippen LogP contribution in [-0.2, 0) is 14.8 Å². The Kier molecular flexibility index (Phi) is 4.42. The Morgan fingerprint density at radius 2 is 1.90 bits per heavy atom. The Morgan fingerprint density at radius 1 is 1.24 bits per heavy atom. The zero-order valence-corrected chi connectivity index (χ0v) is 12.4. The van der Waals surface area contributed by atoms with Crippen LogP contribution >= 0.6 is 0 Å². The van der Waals surface area contributed by atoms with Gasteiger partial charge >= 0.3 is 0 Å². The topological polar surface area (TPSA) is 95.8 Å². The van der Waals surface area contributed by atoms with E-state index in [0.717, 1.165) is 11.8 Å². The molecule has 1 aliphatic carbocycles. The van der Waals surface area contributed by atoms with E-state index in [2.05, 4.69) is 5.10 Å².